The van der Waals surface area contributed by atoms with Crippen molar-refractivity contribution in [3.63, 3.8) is 0 Å². The molecule has 3 aliphatic carbocycles. The first-order chi connectivity index (χ1) is 36.0. The van der Waals surface area contributed by atoms with Crippen molar-refractivity contribution in [1.29, 1.82) is 0 Å². The second-order valence-corrected chi connectivity index (χ2v) is 16.2. The van der Waals surface area contributed by atoms with E-state index in [-0.39, 0.29) is 49.5 Å². The highest BCUT2D eigenvalue weighted by atomic mass is 19.1. The maximum Gasteiger partial charge on any atom is 0.302 e. The molecule has 0 fully saturated rings. The zero-order valence-electron chi connectivity index (χ0n) is 39.8. The molecule has 0 N–H and O–H groups in total. The van der Waals surface area contributed by atoms with Crippen LogP contribution in [0.4, 0.5) is 4.39 Å². The van der Waals surface area contributed by atoms with Crippen molar-refractivity contribution < 1.29 is 50.9 Å². The number of aromatic nitrogens is 3. The Hall–Kier alpha value is -9.64. The molecule has 0 amide bonds. The number of methoxy groups -OCH3 is 1. The standard InChI is InChI=1S/C21H16FNO4.C20H15NO4.C16H13NO5.CH4/c22-9-10-25-16-4-1-14(2-5-16)13-26-17-6-8-19-21(12-17)27-20-11-15(24)3-7-18(20)23-19;1-23-15-5-2-13(3-6-15)12-24-16-7-9-18-20(11-16)25-19-10-14(22)4-8-17(19)21-18;1-10(18)20-6-7-21-12-3-5-14-16(9-12)22-15-8-11(19)2-4-13(15)17-14;/h1-8,11-12H,9-10,13H2;2-11H,12H2,1H3;2-5,8-9H,6-7H2,1H3;1H4. The van der Waals surface area contributed by atoms with Crippen molar-refractivity contribution in [2.45, 2.75) is 27.6 Å². The maximum absolute atomic E-state index is 12.1. The van der Waals surface area contributed by atoms with Crippen molar-refractivity contribution >= 4 is 39.3 Å². The van der Waals surface area contributed by atoms with E-state index in [1.54, 1.807) is 67.8 Å². The molecule has 0 saturated heterocycles. The summed E-state index contributed by atoms with van der Waals surface area (Å²) in [5.41, 5.74) is 7.21. The van der Waals surface area contributed by atoms with Gasteiger partial charge in [0.25, 0.3) is 0 Å². The van der Waals surface area contributed by atoms with E-state index in [1.807, 2.05) is 60.7 Å². The third kappa shape index (κ3) is 13.7. The summed E-state index contributed by atoms with van der Waals surface area (Å²) in [6.07, 6.45) is 0. The van der Waals surface area contributed by atoms with E-state index >= 15 is 0 Å². The summed E-state index contributed by atoms with van der Waals surface area (Å²) in [5, 5.41) is 0. The fourth-order valence-corrected chi connectivity index (χ4v) is 7.26. The summed E-state index contributed by atoms with van der Waals surface area (Å²) < 4.78 is 61.6. The molecule has 3 heterocycles. The number of hydrogen-bond donors (Lipinski definition) is 0. The Morgan fingerprint density at radius 3 is 1.21 bits per heavy atom. The van der Waals surface area contributed by atoms with Crippen LogP contribution in [0.15, 0.2) is 185 Å². The first-order valence-corrected chi connectivity index (χ1v) is 23.0. The Kier molecular flexibility index (Phi) is 16.7. The topological polar surface area (TPSA) is 202 Å². The van der Waals surface area contributed by atoms with E-state index < -0.39 is 6.67 Å². The number of ether oxygens (including phenoxy) is 6. The summed E-state index contributed by atoms with van der Waals surface area (Å²) in [5.74, 6) is 4.29. The minimum Gasteiger partial charge on any atom is -0.497 e. The van der Waals surface area contributed by atoms with Crippen LogP contribution in [-0.4, -0.2) is 54.5 Å². The summed E-state index contributed by atoms with van der Waals surface area (Å²) in [4.78, 5) is 58.4. The van der Waals surface area contributed by atoms with Gasteiger partial charge in [0.2, 0.25) is 0 Å². The first kappa shape index (κ1) is 51.7. The lowest BCUT2D eigenvalue weighted by Crippen LogP contribution is -2.09. The van der Waals surface area contributed by atoms with Crippen molar-refractivity contribution in [1.82, 2.24) is 15.0 Å². The molecule has 0 saturated carbocycles. The lowest BCUT2D eigenvalue weighted by atomic mass is 10.2. The van der Waals surface area contributed by atoms with Gasteiger partial charge >= 0.3 is 5.97 Å². The molecule has 16 nitrogen and oxygen atoms in total. The molecule has 5 aromatic rings. The summed E-state index contributed by atoms with van der Waals surface area (Å²) in [6.45, 7) is 2.10. The van der Waals surface area contributed by atoms with Gasteiger partial charge < -0.3 is 41.7 Å². The Morgan fingerprint density at radius 1 is 0.453 bits per heavy atom. The van der Waals surface area contributed by atoms with Crippen molar-refractivity contribution in [2.75, 3.05) is 33.6 Å². The molecule has 0 atom stereocenters. The van der Waals surface area contributed by atoms with Gasteiger partial charge in [-0.1, -0.05) is 31.7 Å². The fourth-order valence-electron chi connectivity index (χ4n) is 7.26. The molecule has 0 spiro atoms. The zero-order chi connectivity index (χ0) is 51.4. The van der Waals surface area contributed by atoms with E-state index in [4.69, 9.17) is 41.7 Å². The van der Waals surface area contributed by atoms with E-state index in [0.717, 1.165) is 16.9 Å². The van der Waals surface area contributed by atoms with Crippen LogP contribution >= 0.6 is 0 Å². The van der Waals surface area contributed by atoms with Crippen LogP contribution in [0.1, 0.15) is 25.5 Å². The van der Waals surface area contributed by atoms with Crippen LogP contribution < -0.4 is 40.0 Å². The molecule has 75 heavy (non-hydrogen) atoms. The zero-order valence-corrected chi connectivity index (χ0v) is 39.8. The molecule has 3 aliphatic heterocycles. The monoisotopic (exact) mass is 1010 g/mol. The van der Waals surface area contributed by atoms with E-state index in [2.05, 4.69) is 15.0 Å². The second kappa shape index (κ2) is 24.2. The molecule has 5 aromatic carbocycles. The third-order valence-electron chi connectivity index (χ3n) is 10.9. The average Bonchev–Trinajstić information content (AvgIpc) is 3.41. The molecule has 6 aliphatic rings. The molecule has 380 valence electrons. The highest BCUT2D eigenvalue weighted by Gasteiger charge is 2.13. The van der Waals surface area contributed by atoms with Crippen LogP contribution in [0.5, 0.6) is 28.7 Å². The molecule has 17 heteroatoms. The minimum absolute atomic E-state index is 0. The number of benzene rings is 8. The van der Waals surface area contributed by atoms with Crippen LogP contribution in [-0.2, 0) is 22.7 Å². The lowest BCUT2D eigenvalue weighted by Gasteiger charge is -2.09. The van der Waals surface area contributed by atoms with Gasteiger partial charge in [0.05, 0.1) is 7.11 Å². The Balaban J connectivity index is 0.000000149. The summed E-state index contributed by atoms with van der Waals surface area (Å²) in [6, 6.07) is 44.6. The maximum atomic E-state index is 12.1. The number of alkyl halides is 1. The quantitative estimate of drug-likeness (QED) is 0.0565. The fraction of sp³-hybridized carbons (Fsp3) is 0.155. The second-order valence-electron chi connectivity index (χ2n) is 16.2. The van der Waals surface area contributed by atoms with E-state index in [9.17, 15) is 23.6 Å². The molecule has 0 aromatic heterocycles. The number of carbonyl (C=O) groups excluding carboxylic acids is 1. The predicted octanol–water partition coefficient (Wildman–Crippen LogP) is 11.0. The minimum atomic E-state index is -0.516. The number of nitrogens with zero attached hydrogens (tertiary/aromatic N) is 3. The van der Waals surface area contributed by atoms with Gasteiger partial charge in [-0.25, -0.2) is 19.3 Å². The van der Waals surface area contributed by atoms with Crippen LogP contribution in [0.25, 0.3) is 67.7 Å². The van der Waals surface area contributed by atoms with Gasteiger partial charge in [0.15, 0.2) is 50.3 Å². The van der Waals surface area contributed by atoms with Gasteiger partial charge in [-0.2, -0.15) is 0 Å². The molecule has 11 rings (SSSR count). The molecule has 0 radical (unpaired) electrons. The number of rotatable bonds is 14. The normalized spacial score (nSPS) is 10.8. The van der Waals surface area contributed by atoms with E-state index in [0.29, 0.717) is 104 Å². The first-order valence-electron chi connectivity index (χ1n) is 23.0. The Morgan fingerprint density at radius 2 is 0.827 bits per heavy atom. The Labute approximate surface area is 427 Å². The summed E-state index contributed by atoms with van der Waals surface area (Å²) in [7, 11) is 1.64. The highest BCUT2D eigenvalue weighted by Crippen LogP contribution is 2.30. The van der Waals surface area contributed by atoms with E-state index in [1.165, 1.54) is 43.3 Å². The smallest absolute Gasteiger partial charge is 0.302 e. The predicted molar refractivity (Wildman–Crippen MR) is 279 cm³/mol. The molecular weight excluding hydrogens is 966 g/mol. The van der Waals surface area contributed by atoms with Gasteiger partial charge in [-0.3, -0.25) is 19.2 Å². The number of hydrogen-bond acceptors (Lipinski definition) is 16. The van der Waals surface area contributed by atoms with Crippen LogP contribution in [0, 0.1) is 0 Å². The lowest BCUT2D eigenvalue weighted by molar-refractivity contribution is -0.141. The van der Waals surface area contributed by atoms with Crippen LogP contribution in [0.3, 0.4) is 0 Å². The van der Waals surface area contributed by atoms with Crippen LogP contribution in [0.2, 0.25) is 0 Å². The van der Waals surface area contributed by atoms with Gasteiger partial charge in [0, 0.05) is 43.3 Å². The number of fused-ring (bicyclic) bond motifs is 6. The third-order valence-corrected chi connectivity index (χ3v) is 10.9. The van der Waals surface area contributed by atoms with Crippen molar-refractivity contribution in [3.05, 3.63) is 200 Å². The van der Waals surface area contributed by atoms with Gasteiger partial charge in [-0.15, -0.1) is 0 Å². The molecule has 0 bridgehead atoms. The Bertz CT molecular complexity index is 3780. The van der Waals surface area contributed by atoms with Gasteiger partial charge in [0.1, 0.15) is 102 Å². The SMILES string of the molecule is C.CC(=O)OCCOc1ccc2nc3ccc(=O)cc-3oc2c1.COc1ccc(COc2ccc3nc4ccc(=O)cc-4oc3c2)cc1.O=c1ccc2nc3ccc(OCc4ccc(OCCF)cc4)cc3oc-2c1. The highest BCUT2D eigenvalue weighted by molar-refractivity contribution is 5.79. The number of halogens is 1. The molecular formula is C58H48FN3O13. The van der Waals surface area contributed by atoms with Gasteiger partial charge in [-0.05, 0) is 108 Å². The number of esters is 1. The summed E-state index contributed by atoms with van der Waals surface area (Å²) >= 11 is 0. The average molecular weight is 1010 g/mol. The molecule has 0 unspecified atom stereocenters. The number of carbonyl (C=O) groups is 1. The van der Waals surface area contributed by atoms with Crippen molar-refractivity contribution in [2.24, 2.45) is 0 Å². The van der Waals surface area contributed by atoms with Crippen molar-refractivity contribution in [3.8, 4) is 63.1 Å². The largest absolute Gasteiger partial charge is 0.497 e.